The second-order valence-corrected chi connectivity index (χ2v) is 4.81. The Morgan fingerprint density at radius 1 is 1.65 bits per heavy atom. The van der Waals surface area contributed by atoms with E-state index < -0.39 is 6.43 Å². The lowest BCUT2D eigenvalue weighted by molar-refractivity contribution is 0.0171. The van der Waals surface area contributed by atoms with Gasteiger partial charge in [0.2, 0.25) is 0 Å². The quantitative estimate of drug-likeness (QED) is 0.834. The number of allylic oxidation sites excluding steroid dienone is 2. The monoisotopic (exact) mass is 284 g/mol. The van der Waals surface area contributed by atoms with Crippen molar-refractivity contribution >= 4 is 5.71 Å². The molecular weight excluding hydrogens is 266 g/mol. The van der Waals surface area contributed by atoms with Gasteiger partial charge in [-0.1, -0.05) is 0 Å². The van der Waals surface area contributed by atoms with Gasteiger partial charge in [0.15, 0.2) is 0 Å². The maximum Gasteiger partial charge on any atom is 0.280 e. The van der Waals surface area contributed by atoms with Crippen molar-refractivity contribution in [3.05, 3.63) is 29.2 Å². The van der Waals surface area contributed by atoms with Crippen LogP contribution in [0.25, 0.3) is 0 Å². The number of nitrogens with zero attached hydrogens (tertiary/aromatic N) is 2. The molecule has 20 heavy (non-hydrogen) atoms. The number of morpholine rings is 1. The molecule has 7 heteroatoms. The average molecular weight is 284 g/mol. The molecule has 5 nitrogen and oxygen atoms in total. The lowest BCUT2D eigenvalue weighted by atomic mass is 10.1. The van der Waals surface area contributed by atoms with Gasteiger partial charge in [0.05, 0.1) is 25.1 Å². The summed E-state index contributed by atoms with van der Waals surface area (Å²) in [4.78, 5) is 2.11. The molecule has 2 heterocycles. The molecule has 0 bridgehead atoms. The van der Waals surface area contributed by atoms with Crippen LogP contribution in [0.2, 0.25) is 0 Å². The van der Waals surface area contributed by atoms with Crippen molar-refractivity contribution in [1.82, 2.24) is 15.1 Å². The summed E-state index contributed by atoms with van der Waals surface area (Å²) in [7, 11) is 0. The lowest BCUT2D eigenvalue weighted by Crippen LogP contribution is -2.42. The van der Waals surface area contributed by atoms with E-state index in [-0.39, 0.29) is 23.0 Å². The maximum atomic E-state index is 12.8. The van der Waals surface area contributed by atoms with E-state index >= 15 is 0 Å². The number of rotatable bonds is 4. The molecule has 2 N–H and O–H groups in total. The van der Waals surface area contributed by atoms with E-state index in [9.17, 15) is 8.78 Å². The van der Waals surface area contributed by atoms with Crippen LogP contribution < -0.4 is 0 Å². The van der Waals surface area contributed by atoms with E-state index in [0.717, 1.165) is 12.2 Å². The predicted octanol–water partition coefficient (Wildman–Crippen LogP) is 2.34. The molecular formula is C13H18F2N4O. The fraction of sp³-hybridized carbons (Fsp3) is 0.538. The third kappa shape index (κ3) is 3.04. The molecule has 1 aromatic heterocycles. The van der Waals surface area contributed by atoms with Gasteiger partial charge < -0.3 is 15.0 Å². The highest BCUT2D eigenvalue weighted by atomic mass is 19.3. The van der Waals surface area contributed by atoms with Crippen LogP contribution in [0.15, 0.2) is 18.0 Å². The Kier molecular flexibility index (Phi) is 4.49. The maximum absolute atomic E-state index is 12.8. The van der Waals surface area contributed by atoms with Gasteiger partial charge in [-0.05, 0) is 19.9 Å². The standard InChI is InChI=1S/C13H18F2N4O/c1-8(19-3-4-20-7-9(19)2)5-11(16)10-6-17-18-12(10)13(14)15/h5-6,9,13,16H,3-4,7H2,1-2H3,(H,17,18)/b8-5+,16-11?/t9-/m0/s1. The molecule has 0 amide bonds. The van der Waals surface area contributed by atoms with Crippen LogP contribution in [0.4, 0.5) is 8.78 Å². The number of aromatic nitrogens is 2. The average Bonchev–Trinajstić information content (AvgIpc) is 2.88. The van der Waals surface area contributed by atoms with Crippen LogP contribution in [0, 0.1) is 5.41 Å². The third-order valence-electron chi connectivity index (χ3n) is 3.35. The number of ether oxygens (including phenoxy) is 1. The summed E-state index contributed by atoms with van der Waals surface area (Å²) in [6.07, 6.45) is 0.193. The van der Waals surface area contributed by atoms with Gasteiger partial charge in [0.1, 0.15) is 5.69 Å². The fourth-order valence-electron chi connectivity index (χ4n) is 2.30. The van der Waals surface area contributed by atoms with Crippen molar-refractivity contribution in [2.24, 2.45) is 0 Å². The molecule has 0 aliphatic carbocycles. The SMILES string of the molecule is C/C(=C\C(=N)c1cn[nH]c1C(F)F)N1CCOC[C@@H]1C. The summed E-state index contributed by atoms with van der Waals surface area (Å²) in [5.74, 6) is 0. The van der Waals surface area contributed by atoms with Gasteiger partial charge in [-0.3, -0.25) is 5.10 Å². The Morgan fingerprint density at radius 2 is 2.40 bits per heavy atom. The summed E-state index contributed by atoms with van der Waals surface area (Å²) in [5.41, 5.74) is 0.729. The van der Waals surface area contributed by atoms with Crippen LogP contribution >= 0.6 is 0 Å². The van der Waals surface area contributed by atoms with Crippen molar-refractivity contribution < 1.29 is 13.5 Å². The summed E-state index contributed by atoms with van der Waals surface area (Å²) in [6, 6.07) is 0.215. The molecule has 0 saturated carbocycles. The Bertz CT molecular complexity index is 512. The molecule has 1 aliphatic rings. The van der Waals surface area contributed by atoms with Gasteiger partial charge in [0, 0.05) is 23.8 Å². The van der Waals surface area contributed by atoms with Crippen LogP contribution in [-0.4, -0.2) is 46.6 Å². The normalized spacial score (nSPS) is 20.6. The zero-order valence-electron chi connectivity index (χ0n) is 11.5. The summed E-state index contributed by atoms with van der Waals surface area (Å²) < 4.78 is 30.9. The number of aromatic amines is 1. The number of H-pyrrole nitrogens is 1. The minimum atomic E-state index is -2.66. The van der Waals surface area contributed by atoms with Gasteiger partial charge in [-0.15, -0.1) is 0 Å². The number of hydrogen-bond acceptors (Lipinski definition) is 4. The van der Waals surface area contributed by atoms with Crippen molar-refractivity contribution in [3.63, 3.8) is 0 Å². The van der Waals surface area contributed by atoms with Crippen LogP contribution in [-0.2, 0) is 4.74 Å². The second-order valence-electron chi connectivity index (χ2n) is 4.81. The molecule has 1 aliphatic heterocycles. The minimum Gasteiger partial charge on any atom is -0.377 e. The van der Waals surface area contributed by atoms with Crippen LogP contribution in [0.3, 0.4) is 0 Å². The first kappa shape index (κ1) is 14.6. The first-order valence-corrected chi connectivity index (χ1v) is 6.43. The number of halogens is 2. The second kappa shape index (κ2) is 6.13. The minimum absolute atomic E-state index is 0.0326. The van der Waals surface area contributed by atoms with E-state index in [1.165, 1.54) is 6.20 Å². The topological polar surface area (TPSA) is 65.0 Å². The molecule has 1 atom stereocenters. The Hall–Kier alpha value is -1.76. The van der Waals surface area contributed by atoms with Crippen LogP contribution in [0.5, 0.6) is 0 Å². The highest BCUT2D eigenvalue weighted by molar-refractivity contribution is 6.07. The molecule has 1 fully saturated rings. The van der Waals surface area contributed by atoms with E-state index in [4.69, 9.17) is 10.1 Å². The Labute approximate surface area is 116 Å². The van der Waals surface area contributed by atoms with Gasteiger partial charge in [-0.25, -0.2) is 8.78 Å². The first-order chi connectivity index (χ1) is 9.50. The summed E-state index contributed by atoms with van der Waals surface area (Å²) in [5, 5.41) is 13.8. The van der Waals surface area contributed by atoms with Gasteiger partial charge >= 0.3 is 0 Å². The summed E-state index contributed by atoms with van der Waals surface area (Å²) in [6.45, 7) is 5.91. The smallest absolute Gasteiger partial charge is 0.280 e. The lowest BCUT2D eigenvalue weighted by Gasteiger charge is -2.35. The van der Waals surface area contributed by atoms with E-state index in [1.807, 2.05) is 13.8 Å². The van der Waals surface area contributed by atoms with Gasteiger partial charge in [-0.2, -0.15) is 5.10 Å². The zero-order valence-corrected chi connectivity index (χ0v) is 11.5. The van der Waals surface area contributed by atoms with Crippen molar-refractivity contribution in [3.8, 4) is 0 Å². The third-order valence-corrected chi connectivity index (χ3v) is 3.35. The zero-order chi connectivity index (χ0) is 14.7. The van der Waals surface area contributed by atoms with E-state index in [0.29, 0.717) is 13.2 Å². The molecule has 0 radical (unpaired) electrons. The molecule has 2 rings (SSSR count). The number of alkyl halides is 2. The Morgan fingerprint density at radius 3 is 3.05 bits per heavy atom. The van der Waals surface area contributed by atoms with Crippen molar-refractivity contribution in [2.75, 3.05) is 19.8 Å². The fourth-order valence-corrected chi connectivity index (χ4v) is 2.30. The molecule has 1 saturated heterocycles. The number of nitrogens with one attached hydrogen (secondary N) is 2. The number of hydrogen-bond donors (Lipinski definition) is 2. The largest absolute Gasteiger partial charge is 0.377 e. The van der Waals surface area contributed by atoms with Crippen LogP contribution in [0.1, 0.15) is 31.5 Å². The van der Waals surface area contributed by atoms with E-state index in [2.05, 4.69) is 15.1 Å². The molecule has 0 spiro atoms. The summed E-state index contributed by atoms with van der Waals surface area (Å²) >= 11 is 0. The van der Waals surface area contributed by atoms with E-state index in [1.54, 1.807) is 6.08 Å². The highest BCUT2D eigenvalue weighted by Gasteiger charge is 2.21. The Balaban J connectivity index is 2.16. The highest BCUT2D eigenvalue weighted by Crippen LogP contribution is 2.21. The molecule has 1 aromatic rings. The first-order valence-electron chi connectivity index (χ1n) is 6.43. The predicted molar refractivity (Wildman–Crippen MR) is 71.1 cm³/mol. The van der Waals surface area contributed by atoms with Crippen molar-refractivity contribution in [1.29, 1.82) is 5.41 Å². The molecule has 110 valence electrons. The molecule has 0 aromatic carbocycles. The molecule has 0 unspecified atom stereocenters. The van der Waals surface area contributed by atoms with Gasteiger partial charge in [0.25, 0.3) is 6.43 Å². The van der Waals surface area contributed by atoms with Crippen molar-refractivity contribution in [2.45, 2.75) is 26.3 Å².